The van der Waals surface area contributed by atoms with Crippen LogP contribution in [-0.2, 0) is 16.0 Å². The number of likely N-dealkylation sites (tertiary alicyclic amines) is 1. The zero-order valence-electron chi connectivity index (χ0n) is 16.7. The number of halogens is 1. The van der Waals surface area contributed by atoms with Crippen molar-refractivity contribution in [2.75, 3.05) is 18.5 Å². The van der Waals surface area contributed by atoms with Gasteiger partial charge in [0.25, 0.3) is 0 Å². The quantitative estimate of drug-likeness (QED) is 0.648. The van der Waals surface area contributed by atoms with Crippen molar-refractivity contribution in [2.24, 2.45) is 0 Å². The van der Waals surface area contributed by atoms with Crippen LogP contribution in [0.2, 0.25) is 5.02 Å². The summed E-state index contributed by atoms with van der Waals surface area (Å²) in [5.41, 5.74) is 2.55. The van der Waals surface area contributed by atoms with Gasteiger partial charge in [0.15, 0.2) is 0 Å². The van der Waals surface area contributed by atoms with Crippen LogP contribution in [-0.4, -0.2) is 30.1 Å². The summed E-state index contributed by atoms with van der Waals surface area (Å²) in [5, 5.41) is 3.69. The van der Waals surface area contributed by atoms with Gasteiger partial charge in [-0.15, -0.1) is 0 Å². The number of nitrogens with zero attached hydrogens (tertiary/aromatic N) is 1. The largest absolute Gasteiger partial charge is 0.466 e. The van der Waals surface area contributed by atoms with Gasteiger partial charge in [-0.25, -0.2) is 4.79 Å². The second-order valence-corrected chi connectivity index (χ2v) is 7.60. The monoisotopic (exact) mass is 414 g/mol. The molecule has 0 radical (unpaired) electrons. The minimum atomic E-state index is -0.253. The summed E-state index contributed by atoms with van der Waals surface area (Å²) in [6.07, 6.45) is 4.28. The Hall–Kier alpha value is -2.53. The zero-order chi connectivity index (χ0) is 20.6. The van der Waals surface area contributed by atoms with Crippen molar-refractivity contribution < 1.29 is 14.3 Å². The summed E-state index contributed by atoms with van der Waals surface area (Å²) in [7, 11) is 0. The number of carbonyl (C=O) groups excluding carboxylic acids is 2. The zero-order valence-corrected chi connectivity index (χ0v) is 17.5. The third-order valence-electron chi connectivity index (χ3n) is 5.14. The maximum Gasteiger partial charge on any atom is 0.322 e. The number of anilines is 1. The molecule has 6 heteroatoms. The van der Waals surface area contributed by atoms with Crippen LogP contribution in [0.5, 0.6) is 0 Å². The van der Waals surface area contributed by atoms with E-state index < -0.39 is 0 Å². The van der Waals surface area contributed by atoms with Crippen molar-refractivity contribution in [3.8, 4) is 0 Å². The first-order valence-corrected chi connectivity index (χ1v) is 10.5. The van der Waals surface area contributed by atoms with Crippen LogP contribution in [0.3, 0.4) is 0 Å². The van der Waals surface area contributed by atoms with Crippen LogP contribution < -0.4 is 5.32 Å². The molecule has 0 aromatic heterocycles. The molecule has 0 saturated carbocycles. The Morgan fingerprint density at radius 2 is 1.86 bits per heavy atom. The van der Waals surface area contributed by atoms with Crippen LogP contribution in [0.4, 0.5) is 10.5 Å². The molecule has 0 aliphatic carbocycles. The highest BCUT2D eigenvalue weighted by Gasteiger charge is 2.28. The predicted molar refractivity (Wildman–Crippen MR) is 115 cm³/mol. The van der Waals surface area contributed by atoms with E-state index in [1.165, 1.54) is 0 Å². The normalized spacial score (nSPS) is 16.8. The van der Waals surface area contributed by atoms with Crippen molar-refractivity contribution in [1.82, 2.24) is 4.90 Å². The number of rotatable bonds is 5. The van der Waals surface area contributed by atoms with Crippen molar-refractivity contribution in [3.63, 3.8) is 0 Å². The fourth-order valence-corrected chi connectivity index (χ4v) is 3.96. The number of esters is 1. The molecule has 1 atom stereocenters. The van der Waals surface area contributed by atoms with Crippen molar-refractivity contribution in [3.05, 3.63) is 64.7 Å². The van der Waals surface area contributed by atoms with E-state index in [9.17, 15) is 9.59 Å². The Bertz CT molecular complexity index is 838. The fraction of sp³-hybridized carbons (Fsp3) is 0.391. The Morgan fingerprint density at radius 3 is 2.59 bits per heavy atom. The van der Waals surface area contributed by atoms with Crippen molar-refractivity contribution >= 4 is 29.3 Å². The Labute approximate surface area is 177 Å². The molecule has 0 bridgehead atoms. The predicted octanol–water partition coefficient (Wildman–Crippen LogP) is 5.59. The van der Waals surface area contributed by atoms with Gasteiger partial charge >= 0.3 is 12.0 Å². The summed E-state index contributed by atoms with van der Waals surface area (Å²) >= 11 is 6.43. The maximum atomic E-state index is 13.1. The highest BCUT2D eigenvalue weighted by atomic mass is 35.5. The van der Waals surface area contributed by atoms with Gasteiger partial charge in [0.05, 0.1) is 19.1 Å². The lowest BCUT2D eigenvalue weighted by molar-refractivity contribution is -0.142. The molecule has 29 heavy (non-hydrogen) atoms. The smallest absolute Gasteiger partial charge is 0.322 e. The molecule has 154 valence electrons. The lowest BCUT2D eigenvalue weighted by atomic mass is 10.0. The van der Waals surface area contributed by atoms with E-state index >= 15 is 0 Å². The minimum absolute atomic E-state index is 0.0331. The number of carbonyl (C=O) groups is 2. The second-order valence-electron chi connectivity index (χ2n) is 7.19. The van der Waals surface area contributed by atoms with Gasteiger partial charge in [0.2, 0.25) is 0 Å². The summed E-state index contributed by atoms with van der Waals surface area (Å²) in [4.78, 5) is 26.6. The third kappa shape index (κ3) is 5.73. The van der Waals surface area contributed by atoms with Gasteiger partial charge in [-0.1, -0.05) is 54.8 Å². The highest BCUT2D eigenvalue weighted by molar-refractivity contribution is 6.31. The van der Waals surface area contributed by atoms with E-state index in [-0.39, 0.29) is 24.5 Å². The molecule has 1 N–H and O–H groups in total. The number of benzene rings is 2. The Morgan fingerprint density at radius 1 is 1.10 bits per heavy atom. The molecular formula is C23H27ClN2O3. The van der Waals surface area contributed by atoms with Gasteiger partial charge in [0.1, 0.15) is 0 Å². The summed E-state index contributed by atoms with van der Waals surface area (Å²) in [6, 6.07) is 14.9. The van der Waals surface area contributed by atoms with E-state index in [2.05, 4.69) is 5.32 Å². The molecule has 2 amide bonds. The van der Waals surface area contributed by atoms with Crippen molar-refractivity contribution in [1.29, 1.82) is 0 Å². The van der Waals surface area contributed by atoms with Crippen LogP contribution in [0.25, 0.3) is 0 Å². The first kappa shape index (κ1) is 21.2. The number of hydrogen-bond acceptors (Lipinski definition) is 3. The second kappa shape index (κ2) is 10.3. The lowest BCUT2D eigenvalue weighted by Crippen LogP contribution is -2.38. The van der Waals surface area contributed by atoms with Crippen LogP contribution in [0.1, 0.15) is 49.8 Å². The first-order chi connectivity index (χ1) is 14.1. The van der Waals surface area contributed by atoms with Gasteiger partial charge in [-0.2, -0.15) is 0 Å². The first-order valence-electron chi connectivity index (χ1n) is 10.1. The molecule has 2 aromatic rings. The average molecular weight is 415 g/mol. The lowest BCUT2D eigenvalue weighted by Gasteiger charge is -2.31. The van der Waals surface area contributed by atoms with Gasteiger partial charge < -0.3 is 15.0 Å². The van der Waals surface area contributed by atoms with E-state index in [1.54, 1.807) is 6.92 Å². The fourth-order valence-electron chi connectivity index (χ4n) is 3.70. The molecule has 0 unspecified atom stereocenters. The Balaban J connectivity index is 1.70. The van der Waals surface area contributed by atoms with E-state index in [0.29, 0.717) is 23.9 Å². The van der Waals surface area contributed by atoms with Crippen LogP contribution >= 0.6 is 11.6 Å². The number of urea groups is 1. The summed E-state index contributed by atoms with van der Waals surface area (Å²) in [5.74, 6) is -0.253. The minimum Gasteiger partial charge on any atom is -0.466 e. The molecule has 2 aromatic carbocycles. The van der Waals surface area contributed by atoms with Gasteiger partial charge in [-0.05, 0) is 49.1 Å². The van der Waals surface area contributed by atoms with Crippen LogP contribution in [0.15, 0.2) is 48.5 Å². The highest BCUT2D eigenvalue weighted by Crippen LogP contribution is 2.34. The Kier molecular flexibility index (Phi) is 7.53. The topological polar surface area (TPSA) is 58.6 Å². The number of hydrogen-bond donors (Lipinski definition) is 1. The molecule has 1 saturated heterocycles. The van der Waals surface area contributed by atoms with Crippen molar-refractivity contribution in [2.45, 2.75) is 45.1 Å². The molecule has 0 spiro atoms. The summed E-state index contributed by atoms with van der Waals surface area (Å²) < 4.78 is 4.97. The number of ether oxygens (including phenoxy) is 1. The number of amides is 2. The summed E-state index contributed by atoms with van der Waals surface area (Å²) in [6.45, 7) is 2.85. The SMILES string of the molecule is CCOC(=O)Cc1ccc(NC(=O)N2CCCCC[C@@H]2c2ccccc2Cl)cc1. The molecule has 1 fully saturated rings. The molecule has 1 aliphatic heterocycles. The molecule has 3 rings (SSSR count). The standard InChI is InChI=1S/C23H27ClN2O3/c1-2-29-22(27)16-17-11-13-18(14-12-17)25-23(28)26-15-7-3-4-10-21(26)19-8-5-6-9-20(19)24/h5-6,8-9,11-14,21H,2-4,7,10,15-16H2,1H3,(H,25,28)/t21-/m1/s1. The third-order valence-corrected chi connectivity index (χ3v) is 5.48. The van der Waals surface area contributed by atoms with Gasteiger partial charge in [-0.3, -0.25) is 4.79 Å². The van der Waals surface area contributed by atoms with E-state index in [1.807, 2.05) is 53.4 Å². The van der Waals surface area contributed by atoms with E-state index in [4.69, 9.17) is 16.3 Å². The average Bonchev–Trinajstić information content (AvgIpc) is 2.96. The molecular weight excluding hydrogens is 388 g/mol. The molecule has 1 heterocycles. The maximum absolute atomic E-state index is 13.1. The van der Waals surface area contributed by atoms with Crippen LogP contribution in [0, 0.1) is 0 Å². The van der Waals surface area contributed by atoms with Gasteiger partial charge in [0, 0.05) is 17.3 Å². The van der Waals surface area contributed by atoms with E-state index in [0.717, 1.165) is 36.8 Å². The molecule has 5 nitrogen and oxygen atoms in total. The number of nitrogens with one attached hydrogen (secondary N) is 1. The molecule has 1 aliphatic rings.